The molecular formula is C20H20N2O2S. The lowest BCUT2D eigenvalue weighted by Gasteiger charge is -2.25. The molecule has 1 unspecified atom stereocenters. The zero-order chi connectivity index (χ0) is 17.6. The fraction of sp³-hybridized carbons (Fsp3) is 0.200. The zero-order valence-electron chi connectivity index (χ0n) is 14.3. The first-order chi connectivity index (χ1) is 12.1. The molecule has 2 aromatic carbocycles. The highest BCUT2D eigenvalue weighted by Crippen LogP contribution is 2.22. The molecule has 0 saturated heterocycles. The molecule has 0 aliphatic heterocycles. The van der Waals surface area contributed by atoms with Crippen molar-refractivity contribution in [2.45, 2.75) is 19.6 Å². The summed E-state index contributed by atoms with van der Waals surface area (Å²) in [6, 6.07) is 17.3. The summed E-state index contributed by atoms with van der Waals surface area (Å²) < 4.78 is 5.74. The molecule has 0 saturated carbocycles. The SMILES string of the molecule is CC(c1ccccc1)N(C)C(=O)c1cccc(OCc2cscn2)c1. The van der Waals surface area contributed by atoms with E-state index in [0.717, 1.165) is 11.3 Å². The number of aromatic nitrogens is 1. The number of carbonyl (C=O) groups is 1. The number of hydrogen-bond donors (Lipinski definition) is 0. The summed E-state index contributed by atoms with van der Waals surface area (Å²) in [5.41, 5.74) is 4.38. The van der Waals surface area contributed by atoms with Crippen molar-refractivity contribution in [2.75, 3.05) is 7.05 Å². The fourth-order valence-corrected chi connectivity index (χ4v) is 3.06. The van der Waals surface area contributed by atoms with Crippen LogP contribution in [0.3, 0.4) is 0 Å². The Hall–Kier alpha value is -2.66. The van der Waals surface area contributed by atoms with E-state index in [1.807, 2.05) is 67.9 Å². The molecule has 0 spiro atoms. The lowest BCUT2D eigenvalue weighted by Crippen LogP contribution is -2.29. The van der Waals surface area contributed by atoms with Crippen molar-refractivity contribution in [2.24, 2.45) is 0 Å². The maximum absolute atomic E-state index is 12.8. The Labute approximate surface area is 151 Å². The molecule has 3 aromatic rings. The molecule has 5 heteroatoms. The summed E-state index contributed by atoms with van der Waals surface area (Å²) in [7, 11) is 1.82. The summed E-state index contributed by atoms with van der Waals surface area (Å²) in [5.74, 6) is 0.634. The number of hydrogen-bond acceptors (Lipinski definition) is 4. The highest BCUT2D eigenvalue weighted by Gasteiger charge is 2.19. The van der Waals surface area contributed by atoms with Crippen molar-refractivity contribution >= 4 is 17.2 Å². The monoisotopic (exact) mass is 352 g/mol. The summed E-state index contributed by atoms with van der Waals surface area (Å²) in [6.45, 7) is 2.42. The molecule has 3 rings (SSSR count). The van der Waals surface area contributed by atoms with Gasteiger partial charge in [-0.1, -0.05) is 36.4 Å². The van der Waals surface area contributed by atoms with Crippen LogP contribution in [-0.4, -0.2) is 22.8 Å². The normalized spacial score (nSPS) is 11.8. The number of nitrogens with zero attached hydrogens (tertiary/aromatic N) is 2. The molecule has 1 heterocycles. The van der Waals surface area contributed by atoms with Gasteiger partial charge < -0.3 is 9.64 Å². The zero-order valence-corrected chi connectivity index (χ0v) is 15.1. The Kier molecular flexibility index (Phi) is 5.46. The van der Waals surface area contributed by atoms with Crippen LogP contribution in [0.2, 0.25) is 0 Å². The number of amides is 1. The maximum Gasteiger partial charge on any atom is 0.254 e. The van der Waals surface area contributed by atoms with Crippen LogP contribution in [0.5, 0.6) is 5.75 Å². The van der Waals surface area contributed by atoms with E-state index < -0.39 is 0 Å². The quantitative estimate of drug-likeness (QED) is 0.653. The van der Waals surface area contributed by atoms with Crippen LogP contribution >= 0.6 is 11.3 Å². The molecule has 0 bridgehead atoms. The lowest BCUT2D eigenvalue weighted by molar-refractivity contribution is 0.0742. The Bertz CT molecular complexity index is 819. The van der Waals surface area contributed by atoms with E-state index in [1.54, 1.807) is 16.5 Å². The summed E-state index contributed by atoms with van der Waals surface area (Å²) in [4.78, 5) is 18.7. The first-order valence-electron chi connectivity index (χ1n) is 8.07. The van der Waals surface area contributed by atoms with E-state index in [-0.39, 0.29) is 11.9 Å². The van der Waals surface area contributed by atoms with Crippen LogP contribution in [0.4, 0.5) is 0 Å². The Morgan fingerprint density at radius 2 is 2.00 bits per heavy atom. The largest absolute Gasteiger partial charge is 0.487 e. The molecule has 25 heavy (non-hydrogen) atoms. The van der Waals surface area contributed by atoms with E-state index >= 15 is 0 Å². The maximum atomic E-state index is 12.8. The van der Waals surface area contributed by atoms with Gasteiger partial charge in [0.1, 0.15) is 12.4 Å². The molecule has 0 aliphatic carbocycles. The summed E-state index contributed by atoms with van der Waals surface area (Å²) >= 11 is 1.54. The van der Waals surface area contributed by atoms with Crippen molar-refractivity contribution in [1.29, 1.82) is 0 Å². The van der Waals surface area contributed by atoms with Gasteiger partial charge in [-0.05, 0) is 30.7 Å². The van der Waals surface area contributed by atoms with Gasteiger partial charge in [-0.3, -0.25) is 4.79 Å². The second kappa shape index (κ2) is 7.94. The second-order valence-electron chi connectivity index (χ2n) is 5.80. The average Bonchev–Trinajstić information content (AvgIpc) is 3.19. The predicted molar refractivity (Wildman–Crippen MR) is 99.8 cm³/mol. The number of ether oxygens (including phenoxy) is 1. The average molecular weight is 352 g/mol. The molecule has 0 N–H and O–H groups in total. The van der Waals surface area contributed by atoms with Crippen LogP contribution in [0.15, 0.2) is 65.5 Å². The van der Waals surface area contributed by atoms with Gasteiger partial charge in [-0.2, -0.15) is 0 Å². The Morgan fingerprint density at radius 1 is 1.20 bits per heavy atom. The molecule has 1 aromatic heterocycles. The molecule has 0 fully saturated rings. The van der Waals surface area contributed by atoms with Crippen LogP contribution < -0.4 is 4.74 Å². The first kappa shape index (κ1) is 17.2. The smallest absolute Gasteiger partial charge is 0.254 e. The van der Waals surface area contributed by atoms with Gasteiger partial charge in [0, 0.05) is 18.0 Å². The van der Waals surface area contributed by atoms with E-state index in [2.05, 4.69) is 4.98 Å². The topological polar surface area (TPSA) is 42.4 Å². The standard InChI is InChI=1S/C20H20N2O2S/c1-15(16-7-4-3-5-8-16)22(2)20(23)17-9-6-10-19(11-17)24-12-18-13-25-14-21-18/h3-11,13-15H,12H2,1-2H3. The number of carbonyl (C=O) groups excluding carboxylic acids is 1. The van der Waals surface area contributed by atoms with Gasteiger partial charge in [0.05, 0.1) is 17.2 Å². The summed E-state index contributed by atoms with van der Waals surface area (Å²) in [5, 5.41) is 1.95. The van der Waals surface area contributed by atoms with E-state index in [0.29, 0.717) is 17.9 Å². The molecule has 0 radical (unpaired) electrons. The van der Waals surface area contributed by atoms with E-state index in [4.69, 9.17) is 4.74 Å². The van der Waals surface area contributed by atoms with Crippen LogP contribution in [-0.2, 0) is 6.61 Å². The number of benzene rings is 2. The third kappa shape index (κ3) is 4.25. The Balaban J connectivity index is 1.70. The van der Waals surface area contributed by atoms with Crippen LogP contribution in [0, 0.1) is 0 Å². The molecule has 1 atom stereocenters. The predicted octanol–water partition coefficient (Wildman–Crippen LogP) is 4.56. The van der Waals surface area contributed by atoms with Crippen molar-refractivity contribution in [3.05, 3.63) is 82.3 Å². The van der Waals surface area contributed by atoms with Crippen LogP contribution in [0.1, 0.15) is 34.6 Å². The minimum absolute atomic E-state index is 0.00622. The molecule has 128 valence electrons. The van der Waals surface area contributed by atoms with E-state index in [1.165, 1.54) is 11.3 Å². The van der Waals surface area contributed by atoms with Gasteiger partial charge in [0.2, 0.25) is 0 Å². The lowest BCUT2D eigenvalue weighted by atomic mass is 10.1. The van der Waals surface area contributed by atoms with Gasteiger partial charge in [0.15, 0.2) is 0 Å². The number of thiazole rings is 1. The molecular weight excluding hydrogens is 332 g/mol. The highest BCUT2D eigenvalue weighted by molar-refractivity contribution is 7.07. The minimum atomic E-state index is -0.0320. The molecule has 0 aliphatic rings. The fourth-order valence-electron chi connectivity index (χ4n) is 2.52. The molecule has 4 nitrogen and oxygen atoms in total. The van der Waals surface area contributed by atoms with Gasteiger partial charge in [-0.15, -0.1) is 11.3 Å². The third-order valence-corrected chi connectivity index (χ3v) is 4.77. The van der Waals surface area contributed by atoms with Gasteiger partial charge in [-0.25, -0.2) is 4.98 Å². The minimum Gasteiger partial charge on any atom is -0.487 e. The van der Waals surface area contributed by atoms with Crippen molar-refractivity contribution < 1.29 is 9.53 Å². The van der Waals surface area contributed by atoms with Crippen molar-refractivity contribution in [1.82, 2.24) is 9.88 Å². The second-order valence-corrected chi connectivity index (χ2v) is 6.52. The summed E-state index contributed by atoms with van der Waals surface area (Å²) in [6.07, 6.45) is 0. The molecule has 1 amide bonds. The van der Waals surface area contributed by atoms with Gasteiger partial charge >= 0.3 is 0 Å². The van der Waals surface area contributed by atoms with E-state index in [9.17, 15) is 4.79 Å². The first-order valence-corrected chi connectivity index (χ1v) is 9.01. The number of rotatable bonds is 6. The van der Waals surface area contributed by atoms with Crippen molar-refractivity contribution in [3.8, 4) is 5.75 Å². The highest BCUT2D eigenvalue weighted by atomic mass is 32.1. The third-order valence-electron chi connectivity index (χ3n) is 4.13. The Morgan fingerprint density at radius 3 is 2.72 bits per heavy atom. The van der Waals surface area contributed by atoms with Crippen LogP contribution in [0.25, 0.3) is 0 Å². The van der Waals surface area contributed by atoms with Gasteiger partial charge in [0.25, 0.3) is 5.91 Å². The van der Waals surface area contributed by atoms with Crippen molar-refractivity contribution in [3.63, 3.8) is 0 Å².